The summed E-state index contributed by atoms with van der Waals surface area (Å²) < 4.78 is 5.61. The van der Waals surface area contributed by atoms with Crippen molar-refractivity contribution in [2.75, 3.05) is 6.61 Å². The molecule has 3 aromatic rings. The van der Waals surface area contributed by atoms with Crippen LogP contribution in [0.4, 0.5) is 0 Å². The number of nitrogens with one attached hydrogen (secondary N) is 3. The Kier molecular flexibility index (Phi) is 6.18. The van der Waals surface area contributed by atoms with Gasteiger partial charge < -0.3 is 4.74 Å². The van der Waals surface area contributed by atoms with Crippen LogP contribution in [0.3, 0.4) is 0 Å². The topological polar surface area (TPSA) is 79.5 Å². The van der Waals surface area contributed by atoms with Gasteiger partial charge in [-0.05, 0) is 42.2 Å². The van der Waals surface area contributed by atoms with Crippen molar-refractivity contribution in [1.29, 1.82) is 0 Å². The van der Waals surface area contributed by atoms with Gasteiger partial charge >= 0.3 is 0 Å². The van der Waals surface area contributed by atoms with Crippen molar-refractivity contribution in [3.63, 3.8) is 0 Å². The van der Waals surface area contributed by atoms with E-state index in [0.29, 0.717) is 11.3 Å². The monoisotopic (exact) mass is 393 g/mol. The number of ether oxygens (including phenoxy) is 1. The number of hydrogen-bond donors (Lipinski definition) is 3. The molecule has 0 spiro atoms. The van der Waals surface area contributed by atoms with Gasteiger partial charge in [-0.1, -0.05) is 54.6 Å². The van der Waals surface area contributed by atoms with Gasteiger partial charge in [0.05, 0.1) is 0 Å². The van der Waals surface area contributed by atoms with Gasteiger partial charge in [-0.3, -0.25) is 25.8 Å². The normalized spacial score (nSPS) is 10.2. The molecule has 0 atom stereocenters. The molecule has 3 aromatic carbocycles. The molecule has 3 rings (SSSR count). The maximum atomic E-state index is 12.1. The molecule has 0 aliphatic rings. The largest absolute Gasteiger partial charge is 0.483 e. The highest BCUT2D eigenvalue weighted by molar-refractivity contribution is 7.80. The summed E-state index contributed by atoms with van der Waals surface area (Å²) in [7, 11) is 0. The second kappa shape index (κ2) is 8.96. The Bertz CT molecular complexity index is 1030. The quantitative estimate of drug-likeness (QED) is 0.469. The highest BCUT2D eigenvalue weighted by atomic mass is 32.1. The maximum Gasteiger partial charge on any atom is 0.269 e. The van der Waals surface area contributed by atoms with Crippen LogP contribution in [0.1, 0.15) is 15.9 Å². The number of carbonyl (C=O) groups is 2. The predicted octanol–water partition coefficient (Wildman–Crippen LogP) is 2.86. The lowest BCUT2D eigenvalue weighted by Gasteiger charge is -2.13. The van der Waals surface area contributed by atoms with Crippen LogP contribution in [-0.4, -0.2) is 23.5 Å². The molecule has 0 unspecified atom stereocenters. The van der Waals surface area contributed by atoms with Gasteiger partial charge in [0.15, 0.2) is 11.7 Å². The average molecular weight is 393 g/mol. The first kappa shape index (κ1) is 19.3. The van der Waals surface area contributed by atoms with Crippen molar-refractivity contribution in [1.82, 2.24) is 16.2 Å². The first-order chi connectivity index (χ1) is 13.5. The molecule has 28 heavy (non-hydrogen) atoms. The van der Waals surface area contributed by atoms with E-state index in [-0.39, 0.29) is 17.6 Å². The highest BCUT2D eigenvalue weighted by Gasteiger charge is 2.10. The van der Waals surface area contributed by atoms with E-state index in [1.165, 1.54) is 0 Å². The Hall–Kier alpha value is -3.45. The van der Waals surface area contributed by atoms with Gasteiger partial charge in [0.2, 0.25) is 0 Å². The van der Waals surface area contributed by atoms with E-state index < -0.39 is 5.91 Å². The third-order valence-corrected chi connectivity index (χ3v) is 4.24. The lowest BCUT2D eigenvalue weighted by Crippen LogP contribution is -2.49. The van der Waals surface area contributed by atoms with E-state index in [9.17, 15) is 9.59 Å². The summed E-state index contributed by atoms with van der Waals surface area (Å²) in [6, 6.07) is 20.5. The Labute approximate surface area is 167 Å². The van der Waals surface area contributed by atoms with Crippen molar-refractivity contribution in [3.05, 3.63) is 77.9 Å². The molecule has 6 nitrogen and oxygen atoms in total. The number of hydrogen-bond acceptors (Lipinski definition) is 4. The molecule has 0 aromatic heterocycles. The standard InChI is InChI=1S/C21H19N3O3S/c1-14-7-2-4-10-16(14)20(26)23-24-21(28)22-19(25)13-27-18-12-6-9-15-8-3-5-11-17(15)18/h2-12H,13H2,1H3,(H,23,26)(H2,22,24,25,28). The summed E-state index contributed by atoms with van der Waals surface area (Å²) in [6.07, 6.45) is 0. The van der Waals surface area contributed by atoms with Crippen LogP contribution < -0.4 is 20.9 Å². The fraction of sp³-hybridized carbons (Fsp3) is 0.0952. The number of hydrazine groups is 1. The molecule has 0 fully saturated rings. The van der Waals surface area contributed by atoms with E-state index >= 15 is 0 Å². The molecule has 0 aliphatic heterocycles. The first-order valence-corrected chi connectivity index (χ1v) is 9.02. The van der Waals surface area contributed by atoms with Crippen LogP contribution in [0.25, 0.3) is 10.8 Å². The van der Waals surface area contributed by atoms with Crippen molar-refractivity contribution in [2.45, 2.75) is 6.92 Å². The number of rotatable bonds is 4. The third kappa shape index (κ3) is 4.83. The van der Waals surface area contributed by atoms with E-state index in [2.05, 4.69) is 16.2 Å². The van der Waals surface area contributed by atoms with Crippen LogP contribution in [0.15, 0.2) is 66.7 Å². The Balaban J connectivity index is 1.49. The number of fused-ring (bicyclic) bond motifs is 1. The fourth-order valence-electron chi connectivity index (χ4n) is 2.67. The smallest absolute Gasteiger partial charge is 0.269 e. The molecule has 0 saturated heterocycles. The molecule has 142 valence electrons. The molecule has 0 heterocycles. The fourth-order valence-corrected chi connectivity index (χ4v) is 2.83. The van der Waals surface area contributed by atoms with Gasteiger partial charge in [0.1, 0.15) is 5.75 Å². The number of carbonyl (C=O) groups excluding carboxylic acids is 2. The van der Waals surface area contributed by atoms with E-state index in [1.807, 2.05) is 55.5 Å². The van der Waals surface area contributed by atoms with Gasteiger partial charge in [-0.25, -0.2) is 0 Å². The molecule has 2 amide bonds. The molecule has 0 aliphatic carbocycles. The number of thiocarbonyl (C=S) groups is 1. The highest BCUT2D eigenvalue weighted by Crippen LogP contribution is 2.24. The predicted molar refractivity (Wildman–Crippen MR) is 112 cm³/mol. The summed E-state index contributed by atoms with van der Waals surface area (Å²) in [5.74, 6) is -0.169. The Morgan fingerprint density at radius 3 is 2.46 bits per heavy atom. The van der Waals surface area contributed by atoms with Crippen molar-refractivity contribution in [3.8, 4) is 5.75 Å². The average Bonchev–Trinajstić information content (AvgIpc) is 2.70. The summed E-state index contributed by atoms with van der Waals surface area (Å²) in [5, 5.41) is 4.39. The number of aryl methyl sites for hydroxylation is 1. The van der Waals surface area contributed by atoms with Crippen LogP contribution in [-0.2, 0) is 4.79 Å². The van der Waals surface area contributed by atoms with Gasteiger partial charge in [0.25, 0.3) is 11.8 Å². The van der Waals surface area contributed by atoms with Crippen molar-refractivity contribution < 1.29 is 14.3 Å². The van der Waals surface area contributed by atoms with E-state index in [0.717, 1.165) is 16.3 Å². The second-order valence-corrected chi connectivity index (χ2v) is 6.45. The third-order valence-electron chi connectivity index (χ3n) is 4.04. The minimum Gasteiger partial charge on any atom is -0.483 e. The van der Waals surface area contributed by atoms with Crippen molar-refractivity contribution >= 4 is 39.9 Å². The van der Waals surface area contributed by atoms with Gasteiger partial charge in [-0.15, -0.1) is 0 Å². The number of amides is 2. The zero-order valence-corrected chi connectivity index (χ0v) is 16.0. The number of benzene rings is 3. The molecule has 7 heteroatoms. The SMILES string of the molecule is Cc1ccccc1C(=O)NNC(=S)NC(=O)COc1cccc2ccccc12. The van der Waals surface area contributed by atoms with Gasteiger partial charge in [0, 0.05) is 10.9 Å². The molecule has 0 radical (unpaired) electrons. The summed E-state index contributed by atoms with van der Waals surface area (Å²) in [5.41, 5.74) is 6.32. The molecule has 0 saturated carbocycles. The van der Waals surface area contributed by atoms with E-state index in [1.54, 1.807) is 18.2 Å². The second-order valence-electron chi connectivity index (χ2n) is 6.04. The minimum atomic E-state index is -0.435. The van der Waals surface area contributed by atoms with Gasteiger partial charge in [-0.2, -0.15) is 0 Å². The lowest BCUT2D eigenvalue weighted by molar-refractivity contribution is -0.121. The van der Waals surface area contributed by atoms with Crippen LogP contribution >= 0.6 is 12.2 Å². The summed E-state index contributed by atoms with van der Waals surface area (Å²) in [4.78, 5) is 24.2. The van der Waals surface area contributed by atoms with Crippen molar-refractivity contribution in [2.24, 2.45) is 0 Å². The molecule has 0 bridgehead atoms. The first-order valence-electron chi connectivity index (χ1n) is 8.61. The summed E-state index contributed by atoms with van der Waals surface area (Å²) >= 11 is 5.03. The molecular weight excluding hydrogens is 374 g/mol. The zero-order valence-electron chi connectivity index (χ0n) is 15.2. The summed E-state index contributed by atoms with van der Waals surface area (Å²) in [6.45, 7) is 1.63. The van der Waals surface area contributed by atoms with Crippen LogP contribution in [0, 0.1) is 6.92 Å². The van der Waals surface area contributed by atoms with Crippen LogP contribution in [0.2, 0.25) is 0 Å². The Morgan fingerprint density at radius 1 is 0.929 bits per heavy atom. The zero-order chi connectivity index (χ0) is 19.9. The molecular formula is C21H19N3O3S. The Morgan fingerprint density at radius 2 is 1.64 bits per heavy atom. The van der Waals surface area contributed by atoms with E-state index in [4.69, 9.17) is 17.0 Å². The maximum absolute atomic E-state index is 12.1. The molecule has 3 N–H and O–H groups in total. The van der Waals surface area contributed by atoms with Crippen LogP contribution in [0.5, 0.6) is 5.75 Å². The lowest BCUT2D eigenvalue weighted by atomic mass is 10.1. The minimum absolute atomic E-state index is 0.0200.